The predicted molar refractivity (Wildman–Crippen MR) is 70.5 cm³/mol. The Bertz CT molecular complexity index is 545. The number of nitro groups is 1. The molecule has 1 fully saturated rings. The molecule has 0 aromatic heterocycles. The number of benzene rings is 1. The molecular weight excluding hydrogens is 283 g/mol. The summed E-state index contributed by atoms with van der Waals surface area (Å²) >= 11 is 0. The zero-order valence-electron chi connectivity index (χ0n) is 11.5. The standard InChI is InChI=1S/C13H15FN2O5/c1-9(13(17)15-4-6-20-7-5-15)21-12-8-10(14)2-3-11(12)16(18)19/h2-3,8-9H,4-7H2,1H3. The van der Waals surface area contributed by atoms with Gasteiger partial charge in [-0.05, 0) is 13.0 Å². The van der Waals surface area contributed by atoms with Gasteiger partial charge in [-0.1, -0.05) is 0 Å². The van der Waals surface area contributed by atoms with Crippen LogP contribution in [-0.2, 0) is 9.53 Å². The van der Waals surface area contributed by atoms with Gasteiger partial charge in [-0.15, -0.1) is 0 Å². The first-order chi connectivity index (χ1) is 9.99. The van der Waals surface area contributed by atoms with E-state index in [0.717, 1.165) is 18.2 Å². The minimum Gasteiger partial charge on any atom is -0.474 e. The average Bonchev–Trinajstić information content (AvgIpc) is 2.47. The van der Waals surface area contributed by atoms with Gasteiger partial charge in [0.2, 0.25) is 5.75 Å². The number of carbonyl (C=O) groups is 1. The van der Waals surface area contributed by atoms with E-state index in [9.17, 15) is 19.3 Å². The van der Waals surface area contributed by atoms with Gasteiger partial charge in [0.05, 0.1) is 18.1 Å². The van der Waals surface area contributed by atoms with Crippen molar-refractivity contribution in [3.8, 4) is 5.75 Å². The van der Waals surface area contributed by atoms with Gasteiger partial charge in [0.15, 0.2) is 6.10 Å². The first-order valence-electron chi connectivity index (χ1n) is 6.46. The van der Waals surface area contributed by atoms with E-state index in [1.54, 1.807) is 4.90 Å². The molecule has 114 valence electrons. The number of nitrogens with zero attached hydrogens (tertiary/aromatic N) is 2. The molecule has 1 aliphatic heterocycles. The highest BCUT2D eigenvalue weighted by molar-refractivity contribution is 5.81. The van der Waals surface area contributed by atoms with Crippen molar-refractivity contribution in [1.82, 2.24) is 4.90 Å². The molecule has 7 nitrogen and oxygen atoms in total. The second-order valence-electron chi connectivity index (χ2n) is 4.57. The molecule has 1 unspecified atom stereocenters. The van der Waals surface area contributed by atoms with Crippen LogP contribution in [0.2, 0.25) is 0 Å². The Balaban J connectivity index is 2.11. The molecule has 1 aromatic rings. The highest BCUT2D eigenvalue weighted by Crippen LogP contribution is 2.28. The highest BCUT2D eigenvalue weighted by Gasteiger charge is 2.26. The summed E-state index contributed by atoms with van der Waals surface area (Å²) in [6, 6.07) is 2.89. The monoisotopic (exact) mass is 298 g/mol. The largest absolute Gasteiger partial charge is 0.474 e. The van der Waals surface area contributed by atoms with Crippen LogP contribution in [0.1, 0.15) is 6.92 Å². The van der Waals surface area contributed by atoms with Gasteiger partial charge in [-0.3, -0.25) is 14.9 Å². The van der Waals surface area contributed by atoms with Crippen LogP contribution in [0, 0.1) is 15.9 Å². The Hall–Kier alpha value is -2.22. The number of morpholine rings is 1. The third-order valence-corrected chi connectivity index (χ3v) is 3.09. The van der Waals surface area contributed by atoms with Crippen LogP contribution in [0.25, 0.3) is 0 Å². The zero-order valence-corrected chi connectivity index (χ0v) is 11.5. The number of ether oxygens (including phenoxy) is 2. The van der Waals surface area contributed by atoms with E-state index in [0.29, 0.717) is 26.3 Å². The van der Waals surface area contributed by atoms with Crippen LogP contribution in [0.5, 0.6) is 5.75 Å². The van der Waals surface area contributed by atoms with Crippen LogP contribution in [0.4, 0.5) is 10.1 Å². The summed E-state index contributed by atoms with van der Waals surface area (Å²) in [7, 11) is 0. The molecule has 0 radical (unpaired) electrons. The summed E-state index contributed by atoms with van der Waals surface area (Å²) in [5.41, 5.74) is -0.377. The van der Waals surface area contributed by atoms with Crippen LogP contribution in [-0.4, -0.2) is 48.1 Å². The van der Waals surface area contributed by atoms with Crippen molar-refractivity contribution in [3.05, 3.63) is 34.1 Å². The van der Waals surface area contributed by atoms with Crippen molar-refractivity contribution < 1.29 is 23.6 Å². The Labute approximate surface area is 120 Å². The molecule has 0 bridgehead atoms. The second-order valence-corrected chi connectivity index (χ2v) is 4.57. The van der Waals surface area contributed by atoms with Crippen LogP contribution in [0.15, 0.2) is 18.2 Å². The first-order valence-corrected chi connectivity index (χ1v) is 6.46. The Morgan fingerprint density at radius 1 is 1.48 bits per heavy atom. The summed E-state index contributed by atoms with van der Waals surface area (Å²) in [4.78, 5) is 23.9. The number of hydrogen-bond acceptors (Lipinski definition) is 5. The van der Waals surface area contributed by atoms with Gasteiger partial charge in [0.1, 0.15) is 5.82 Å². The lowest BCUT2D eigenvalue weighted by Crippen LogP contribution is -2.46. The lowest BCUT2D eigenvalue weighted by Gasteiger charge is -2.29. The Morgan fingerprint density at radius 2 is 2.14 bits per heavy atom. The van der Waals surface area contributed by atoms with E-state index in [4.69, 9.17) is 9.47 Å². The number of hydrogen-bond donors (Lipinski definition) is 0. The molecule has 0 aliphatic carbocycles. The van der Waals surface area contributed by atoms with Gasteiger partial charge < -0.3 is 14.4 Å². The van der Waals surface area contributed by atoms with Gasteiger partial charge in [-0.25, -0.2) is 4.39 Å². The zero-order chi connectivity index (χ0) is 15.4. The maximum absolute atomic E-state index is 13.2. The van der Waals surface area contributed by atoms with Crippen molar-refractivity contribution in [2.24, 2.45) is 0 Å². The fourth-order valence-electron chi connectivity index (χ4n) is 2.01. The first kappa shape index (κ1) is 15.2. The van der Waals surface area contributed by atoms with E-state index in [1.807, 2.05) is 0 Å². The molecule has 0 saturated carbocycles. The van der Waals surface area contributed by atoms with Crippen molar-refractivity contribution in [3.63, 3.8) is 0 Å². The lowest BCUT2D eigenvalue weighted by atomic mass is 10.2. The fraction of sp³-hybridized carbons (Fsp3) is 0.462. The van der Waals surface area contributed by atoms with Crippen molar-refractivity contribution >= 4 is 11.6 Å². The fourth-order valence-corrected chi connectivity index (χ4v) is 2.01. The van der Waals surface area contributed by atoms with Gasteiger partial charge in [0, 0.05) is 25.2 Å². The number of rotatable bonds is 4. The normalized spacial score (nSPS) is 16.4. The number of halogens is 1. The third kappa shape index (κ3) is 3.66. The number of nitro benzene ring substituents is 1. The summed E-state index contributed by atoms with van der Waals surface area (Å²) < 4.78 is 23.6. The van der Waals surface area contributed by atoms with Crippen LogP contribution in [0.3, 0.4) is 0 Å². The number of amides is 1. The van der Waals surface area contributed by atoms with Gasteiger partial charge >= 0.3 is 5.69 Å². The molecule has 1 atom stereocenters. The minimum atomic E-state index is -0.941. The van der Waals surface area contributed by atoms with Gasteiger partial charge in [0.25, 0.3) is 5.91 Å². The molecule has 1 aromatic carbocycles. The smallest absolute Gasteiger partial charge is 0.311 e. The topological polar surface area (TPSA) is 81.9 Å². The van der Waals surface area contributed by atoms with E-state index >= 15 is 0 Å². The van der Waals surface area contributed by atoms with E-state index < -0.39 is 16.8 Å². The van der Waals surface area contributed by atoms with Crippen molar-refractivity contribution in [2.45, 2.75) is 13.0 Å². The molecule has 1 amide bonds. The van der Waals surface area contributed by atoms with Crippen molar-refractivity contribution in [1.29, 1.82) is 0 Å². The molecule has 1 heterocycles. The quantitative estimate of drug-likeness (QED) is 0.619. The molecule has 1 saturated heterocycles. The Morgan fingerprint density at radius 3 is 2.76 bits per heavy atom. The average molecular weight is 298 g/mol. The molecule has 0 spiro atoms. The molecule has 21 heavy (non-hydrogen) atoms. The molecule has 1 aliphatic rings. The van der Waals surface area contributed by atoms with Gasteiger partial charge in [-0.2, -0.15) is 0 Å². The number of carbonyl (C=O) groups excluding carboxylic acids is 1. The summed E-state index contributed by atoms with van der Waals surface area (Å²) in [6.45, 7) is 3.25. The van der Waals surface area contributed by atoms with E-state index in [-0.39, 0.29) is 17.3 Å². The molecule has 8 heteroatoms. The minimum absolute atomic E-state index is 0.255. The maximum atomic E-state index is 13.2. The second kappa shape index (κ2) is 6.49. The van der Waals surface area contributed by atoms with E-state index in [2.05, 4.69) is 0 Å². The SMILES string of the molecule is CC(Oc1cc(F)ccc1[N+](=O)[O-])C(=O)N1CCOCC1. The van der Waals surface area contributed by atoms with Crippen LogP contribution >= 0.6 is 0 Å². The Kier molecular flexibility index (Phi) is 4.69. The maximum Gasteiger partial charge on any atom is 0.311 e. The summed E-state index contributed by atoms with van der Waals surface area (Å²) in [5, 5.41) is 10.9. The van der Waals surface area contributed by atoms with Crippen LogP contribution < -0.4 is 4.74 Å². The molecular formula is C13H15FN2O5. The lowest BCUT2D eigenvalue weighted by molar-refractivity contribution is -0.386. The third-order valence-electron chi connectivity index (χ3n) is 3.09. The van der Waals surface area contributed by atoms with E-state index in [1.165, 1.54) is 6.92 Å². The molecule has 2 rings (SSSR count). The molecule has 0 N–H and O–H groups in total. The summed E-state index contributed by atoms with van der Waals surface area (Å²) in [5.74, 6) is -1.23. The predicted octanol–water partition coefficient (Wildman–Crippen LogP) is 1.36. The van der Waals surface area contributed by atoms with Crippen molar-refractivity contribution in [2.75, 3.05) is 26.3 Å². The highest BCUT2D eigenvalue weighted by atomic mass is 19.1. The summed E-state index contributed by atoms with van der Waals surface area (Å²) in [6.07, 6.45) is -0.941.